The van der Waals surface area contributed by atoms with Gasteiger partial charge in [0.05, 0.1) is 24.9 Å². The molecule has 0 fully saturated rings. The number of aromatic nitrogens is 4. The average Bonchev–Trinajstić information content (AvgIpc) is 4.22. The molecule has 14 rings (SSSR count). The summed E-state index contributed by atoms with van der Waals surface area (Å²) in [7, 11) is 0. The van der Waals surface area contributed by atoms with Gasteiger partial charge in [-0.15, -0.1) is 0 Å². The molecule has 3 aromatic heterocycles. The van der Waals surface area contributed by atoms with Crippen molar-refractivity contribution in [3.8, 4) is 84.4 Å². The first-order chi connectivity index (χ1) is 38.1. The molecule has 0 saturated carbocycles. The van der Waals surface area contributed by atoms with Crippen LogP contribution in [0.4, 0.5) is 0 Å². The molecule has 0 aliphatic heterocycles. The number of furan rings is 1. The summed E-state index contributed by atoms with van der Waals surface area (Å²) in [6.45, 7) is 0. The molecule has 3 heterocycles. The van der Waals surface area contributed by atoms with E-state index in [1.165, 1.54) is 12.1 Å². The van der Waals surface area contributed by atoms with E-state index in [0.29, 0.717) is 28.7 Å². The number of hydrogen-bond donors (Lipinski definition) is 0. The molecule has 0 aliphatic rings. The van der Waals surface area contributed by atoms with Crippen LogP contribution in [0.1, 0.15) is 8.22 Å². The first kappa shape index (κ1) is 35.4. The van der Waals surface area contributed by atoms with Crippen molar-refractivity contribution in [2.45, 2.75) is 0 Å². The second-order valence-corrected chi connectivity index (χ2v) is 17.9. The van der Waals surface area contributed by atoms with E-state index < -0.39 is 0 Å². The van der Waals surface area contributed by atoms with Crippen molar-refractivity contribution in [3.63, 3.8) is 0 Å². The highest BCUT2D eigenvalue weighted by Gasteiger charge is 2.21. The molecule has 14 aromatic rings. The Labute approximate surface area is 424 Å². The van der Waals surface area contributed by atoms with Crippen molar-refractivity contribution in [1.82, 2.24) is 19.5 Å². The SMILES string of the molecule is [2H]c1cc([2H])c2c(c1[2H])c1c([2H])c([2H])cc([2H])c1n2-c1ccc(-c2cccc(-c3cc(-c4cccc(-c5nc(-c6ccccc6)nc(-c6ccccc6)n5)c4)c4ccccc4c3)c2)cc1-c1cccc2c1oc1ccccc12. The number of rotatable bonds is 8. The third kappa shape index (κ3) is 7.06. The van der Waals surface area contributed by atoms with Crippen LogP contribution in [0, 0.1) is 0 Å². The highest BCUT2D eigenvalue weighted by atomic mass is 16.3. The standard InChI is InChI=1S/C67H42N4O/c1-3-18-43(19-4-1)65-68-66(44-20-5-2-6-21-44)70-67(69-65)50-26-16-25-49(39-50)58-42-51(40-48-22-7-8-27-52(48)58)46-24-15-23-45(38-46)47-36-37-62(71-60-33-12-9-28-53(60)54-29-10-13-34-61(54)71)59(41-47)57-32-17-31-56-55-30-11-14-35-63(55)72-64(56)57/h1-42H/i9D,10D,28D,29D,33D,34D. The minimum atomic E-state index is -0.169. The topological polar surface area (TPSA) is 56.7 Å². The summed E-state index contributed by atoms with van der Waals surface area (Å²) < 4.78 is 62.6. The van der Waals surface area contributed by atoms with Crippen LogP contribution in [0.15, 0.2) is 259 Å². The van der Waals surface area contributed by atoms with Gasteiger partial charge < -0.3 is 8.98 Å². The van der Waals surface area contributed by atoms with E-state index in [4.69, 9.17) is 24.9 Å². The third-order valence-electron chi connectivity index (χ3n) is 13.6. The van der Waals surface area contributed by atoms with Gasteiger partial charge in [-0.05, 0) is 98.7 Å². The van der Waals surface area contributed by atoms with Gasteiger partial charge in [0.25, 0.3) is 0 Å². The van der Waals surface area contributed by atoms with Gasteiger partial charge in [0.1, 0.15) is 11.2 Å². The average molecular weight is 925 g/mol. The molecule has 0 spiro atoms. The molecule has 0 aliphatic carbocycles. The Hall–Kier alpha value is -9.71. The quantitative estimate of drug-likeness (QED) is 0.152. The molecule has 5 nitrogen and oxygen atoms in total. The number of nitrogens with zero attached hydrogens (tertiary/aromatic N) is 4. The minimum Gasteiger partial charge on any atom is -0.455 e. The van der Waals surface area contributed by atoms with Crippen LogP contribution in [0.5, 0.6) is 0 Å². The van der Waals surface area contributed by atoms with Gasteiger partial charge in [-0.25, -0.2) is 15.0 Å². The molecule has 0 N–H and O–H groups in total. The van der Waals surface area contributed by atoms with E-state index >= 15 is 0 Å². The third-order valence-corrected chi connectivity index (χ3v) is 13.6. The molecule has 0 radical (unpaired) electrons. The van der Waals surface area contributed by atoms with Crippen molar-refractivity contribution < 1.29 is 12.6 Å². The van der Waals surface area contributed by atoms with Crippen molar-refractivity contribution in [2.24, 2.45) is 0 Å². The van der Waals surface area contributed by atoms with E-state index in [9.17, 15) is 2.74 Å². The Kier molecular flexibility index (Phi) is 8.39. The maximum absolute atomic E-state index is 9.31. The van der Waals surface area contributed by atoms with Crippen LogP contribution >= 0.6 is 0 Å². The fraction of sp³-hybridized carbons (Fsp3) is 0. The molecule has 11 aromatic carbocycles. The Bertz CT molecular complexity index is 4640. The molecule has 336 valence electrons. The molecule has 0 atom stereocenters. The summed E-state index contributed by atoms with van der Waals surface area (Å²) in [6, 6.07) is 71.7. The summed E-state index contributed by atoms with van der Waals surface area (Å²) in [5.74, 6) is 1.77. The van der Waals surface area contributed by atoms with Crippen molar-refractivity contribution >= 4 is 54.5 Å². The smallest absolute Gasteiger partial charge is 0.164 e. The molecule has 0 saturated heterocycles. The zero-order valence-corrected chi connectivity index (χ0v) is 38.5. The lowest BCUT2D eigenvalue weighted by atomic mass is 9.91. The monoisotopic (exact) mass is 924 g/mol. The molecular formula is C67H42N4O. The van der Waals surface area contributed by atoms with Crippen molar-refractivity contribution in [3.05, 3.63) is 255 Å². The summed E-state index contributed by atoms with van der Waals surface area (Å²) in [6.07, 6.45) is 0. The van der Waals surface area contributed by atoms with Crippen molar-refractivity contribution in [1.29, 1.82) is 0 Å². The summed E-state index contributed by atoms with van der Waals surface area (Å²) in [4.78, 5) is 15.0. The second-order valence-electron chi connectivity index (χ2n) is 17.9. The summed E-state index contributed by atoms with van der Waals surface area (Å²) >= 11 is 0. The number of benzene rings is 11. The van der Waals surface area contributed by atoms with Crippen LogP contribution in [-0.4, -0.2) is 19.5 Å². The highest BCUT2D eigenvalue weighted by molar-refractivity contribution is 6.13. The largest absolute Gasteiger partial charge is 0.455 e. The van der Waals surface area contributed by atoms with Gasteiger partial charge in [-0.1, -0.05) is 200 Å². The lowest BCUT2D eigenvalue weighted by Crippen LogP contribution is -2.00. The van der Waals surface area contributed by atoms with E-state index in [-0.39, 0.29) is 58.1 Å². The minimum absolute atomic E-state index is 0.0289. The van der Waals surface area contributed by atoms with Gasteiger partial charge in [0, 0.05) is 49.4 Å². The molecule has 0 unspecified atom stereocenters. The number of fused-ring (bicyclic) bond motifs is 7. The Balaban J connectivity index is 0.936. The van der Waals surface area contributed by atoms with E-state index in [1.807, 2.05) is 121 Å². The van der Waals surface area contributed by atoms with Crippen LogP contribution < -0.4 is 0 Å². The van der Waals surface area contributed by atoms with E-state index in [1.54, 1.807) is 4.57 Å². The van der Waals surface area contributed by atoms with Gasteiger partial charge in [0.2, 0.25) is 0 Å². The van der Waals surface area contributed by atoms with E-state index in [2.05, 4.69) is 84.9 Å². The Morgan fingerprint density at radius 2 is 0.861 bits per heavy atom. The molecule has 72 heavy (non-hydrogen) atoms. The fourth-order valence-corrected chi connectivity index (χ4v) is 10.2. The molecule has 0 bridgehead atoms. The normalized spacial score (nSPS) is 12.8. The molecule has 5 heteroatoms. The first-order valence-electron chi connectivity index (χ1n) is 26.8. The van der Waals surface area contributed by atoms with Crippen molar-refractivity contribution in [2.75, 3.05) is 0 Å². The zero-order valence-electron chi connectivity index (χ0n) is 44.5. The van der Waals surface area contributed by atoms with Crippen LogP contribution in [0.3, 0.4) is 0 Å². The lowest BCUT2D eigenvalue weighted by molar-refractivity contribution is 0.670. The lowest BCUT2D eigenvalue weighted by Gasteiger charge is -2.17. The van der Waals surface area contributed by atoms with Gasteiger partial charge in [0.15, 0.2) is 17.5 Å². The van der Waals surface area contributed by atoms with Crippen LogP contribution in [-0.2, 0) is 0 Å². The van der Waals surface area contributed by atoms with Gasteiger partial charge in [-0.2, -0.15) is 0 Å². The number of hydrogen-bond acceptors (Lipinski definition) is 4. The molecular weight excluding hydrogens is 877 g/mol. The van der Waals surface area contributed by atoms with Crippen LogP contribution in [0.2, 0.25) is 0 Å². The highest BCUT2D eigenvalue weighted by Crippen LogP contribution is 2.43. The maximum atomic E-state index is 9.31. The maximum Gasteiger partial charge on any atom is 0.164 e. The van der Waals surface area contributed by atoms with Crippen LogP contribution in [0.25, 0.3) is 139 Å². The second kappa shape index (κ2) is 17.1. The van der Waals surface area contributed by atoms with Gasteiger partial charge in [-0.3, -0.25) is 0 Å². The predicted molar refractivity (Wildman–Crippen MR) is 297 cm³/mol. The number of para-hydroxylation sites is 4. The first-order valence-corrected chi connectivity index (χ1v) is 23.8. The zero-order chi connectivity index (χ0) is 52.8. The fourth-order valence-electron chi connectivity index (χ4n) is 10.2. The molecule has 0 amide bonds. The Morgan fingerprint density at radius 1 is 0.333 bits per heavy atom. The summed E-state index contributed by atoms with van der Waals surface area (Å²) in [5, 5.41) is 4.46. The summed E-state index contributed by atoms with van der Waals surface area (Å²) in [5.41, 5.74) is 12.6. The van der Waals surface area contributed by atoms with E-state index in [0.717, 1.165) is 88.3 Å². The Morgan fingerprint density at radius 3 is 1.58 bits per heavy atom. The predicted octanol–water partition coefficient (Wildman–Crippen LogP) is 17.7. The van der Waals surface area contributed by atoms with Gasteiger partial charge >= 0.3 is 0 Å².